The van der Waals surface area contributed by atoms with Gasteiger partial charge in [-0.15, -0.1) is 11.3 Å². The Kier molecular flexibility index (Phi) is 5.25. The second kappa shape index (κ2) is 7.83. The maximum absolute atomic E-state index is 12.7. The summed E-state index contributed by atoms with van der Waals surface area (Å²) in [5.74, 6) is -0.338. The van der Waals surface area contributed by atoms with Crippen LogP contribution in [0.2, 0.25) is 0 Å². The Hall–Kier alpha value is -2.55. The van der Waals surface area contributed by atoms with Gasteiger partial charge < -0.3 is 5.32 Å². The number of carbonyl (C=O) groups is 1. The van der Waals surface area contributed by atoms with Crippen molar-refractivity contribution in [1.82, 2.24) is 9.29 Å². The van der Waals surface area contributed by atoms with Gasteiger partial charge in [-0.25, -0.2) is 13.4 Å². The van der Waals surface area contributed by atoms with Crippen LogP contribution in [0.25, 0.3) is 16.3 Å². The number of nitrogens with one attached hydrogen (secondary N) is 1. The summed E-state index contributed by atoms with van der Waals surface area (Å²) in [6.07, 6.45) is 4.82. The Bertz CT molecular complexity index is 1110. The number of rotatable bonds is 5. The van der Waals surface area contributed by atoms with Crippen LogP contribution in [-0.4, -0.2) is 36.7 Å². The second-order valence-electron chi connectivity index (χ2n) is 6.48. The van der Waals surface area contributed by atoms with Crippen molar-refractivity contribution in [2.45, 2.75) is 17.7 Å². The second-order valence-corrected chi connectivity index (χ2v) is 9.48. The van der Waals surface area contributed by atoms with Crippen molar-refractivity contribution in [1.29, 1.82) is 0 Å². The van der Waals surface area contributed by atoms with Crippen LogP contribution in [0, 0.1) is 0 Å². The highest BCUT2D eigenvalue weighted by molar-refractivity contribution is 7.89. The van der Waals surface area contributed by atoms with Gasteiger partial charge in [0.1, 0.15) is 5.01 Å². The van der Waals surface area contributed by atoms with Crippen LogP contribution in [0.15, 0.2) is 59.5 Å². The van der Waals surface area contributed by atoms with E-state index in [9.17, 15) is 13.2 Å². The van der Waals surface area contributed by atoms with E-state index in [-0.39, 0.29) is 10.8 Å². The topological polar surface area (TPSA) is 79.4 Å². The van der Waals surface area contributed by atoms with Gasteiger partial charge in [-0.1, -0.05) is 18.2 Å². The highest BCUT2D eigenvalue weighted by Gasteiger charge is 2.27. The first kappa shape index (κ1) is 18.8. The van der Waals surface area contributed by atoms with E-state index in [4.69, 9.17) is 0 Å². The van der Waals surface area contributed by atoms with Crippen molar-refractivity contribution < 1.29 is 13.2 Å². The minimum atomic E-state index is -3.51. The first-order chi connectivity index (χ1) is 13.5. The van der Waals surface area contributed by atoms with Gasteiger partial charge in [-0.05, 0) is 49.2 Å². The lowest BCUT2D eigenvalue weighted by atomic mass is 10.3. The SMILES string of the molecule is O=C(C=Cc1nc2ccccc2s1)Nc1cccc(S(=O)(=O)N2CCCC2)c1. The molecule has 3 aromatic rings. The van der Waals surface area contributed by atoms with Crippen LogP contribution in [0.5, 0.6) is 0 Å². The standard InChI is InChI=1S/C20H19N3O3S2/c24-19(10-11-20-22-17-8-1-2-9-18(17)27-20)21-15-6-5-7-16(14-15)28(25,26)23-12-3-4-13-23/h1-2,5-11,14H,3-4,12-13H2,(H,21,24). The van der Waals surface area contributed by atoms with Gasteiger partial charge in [-0.2, -0.15) is 4.31 Å². The molecule has 0 bridgehead atoms. The van der Waals surface area contributed by atoms with Crippen LogP contribution in [0.4, 0.5) is 5.69 Å². The van der Waals surface area contributed by atoms with Crippen LogP contribution in [-0.2, 0) is 14.8 Å². The summed E-state index contributed by atoms with van der Waals surface area (Å²) in [5, 5.41) is 3.45. The molecule has 1 aliphatic rings. The molecule has 0 aliphatic carbocycles. The quantitative estimate of drug-likeness (QED) is 0.647. The number of amides is 1. The van der Waals surface area contributed by atoms with Crippen molar-refractivity contribution in [3.8, 4) is 0 Å². The predicted octanol–water partition coefficient (Wildman–Crippen LogP) is 3.73. The van der Waals surface area contributed by atoms with Gasteiger partial charge in [0, 0.05) is 24.9 Å². The summed E-state index contributed by atoms with van der Waals surface area (Å²) in [4.78, 5) is 16.9. The fourth-order valence-electron chi connectivity index (χ4n) is 3.10. The van der Waals surface area contributed by atoms with Gasteiger partial charge >= 0.3 is 0 Å². The summed E-state index contributed by atoms with van der Waals surface area (Å²) in [6, 6.07) is 14.1. The molecule has 2 aromatic carbocycles. The van der Waals surface area contributed by atoms with Crippen LogP contribution < -0.4 is 5.32 Å². The zero-order valence-corrected chi connectivity index (χ0v) is 16.7. The molecular weight excluding hydrogens is 394 g/mol. The number of sulfonamides is 1. The maximum atomic E-state index is 12.7. The van der Waals surface area contributed by atoms with Gasteiger partial charge in [0.15, 0.2) is 0 Å². The molecule has 0 unspecified atom stereocenters. The average molecular weight is 414 g/mol. The Balaban J connectivity index is 1.47. The number of hydrogen-bond acceptors (Lipinski definition) is 5. The van der Waals surface area contributed by atoms with E-state index >= 15 is 0 Å². The molecule has 6 nitrogen and oxygen atoms in total. The first-order valence-corrected chi connectivity index (χ1v) is 11.2. The number of anilines is 1. The van der Waals surface area contributed by atoms with E-state index < -0.39 is 10.0 Å². The van der Waals surface area contributed by atoms with E-state index in [1.165, 1.54) is 27.8 Å². The minimum Gasteiger partial charge on any atom is -0.322 e. The Morgan fingerprint density at radius 1 is 1.11 bits per heavy atom. The smallest absolute Gasteiger partial charge is 0.248 e. The number of fused-ring (bicyclic) bond motifs is 1. The Morgan fingerprint density at radius 2 is 1.89 bits per heavy atom. The largest absolute Gasteiger partial charge is 0.322 e. The normalized spacial score (nSPS) is 15.4. The molecule has 8 heteroatoms. The van der Waals surface area contributed by atoms with Crippen molar-refractivity contribution in [3.05, 3.63) is 59.6 Å². The summed E-state index contributed by atoms with van der Waals surface area (Å²) >= 11 is 1.50. The van der Waals surface area contributed by atoms with Crippen LogP contribution in [0.3, 0.4) is 0 Å². The van der Waals surface area contributed by atoms with E-state index in [0.29, 0.717) is 18.8 Å². The summed E-state index contributed by atoms with van der Waals surface area (Å²) in [7, 11) is -3.51. The molecule has 0 saturated carbocycles. The fraction of sp³-hybridized carbons (Fsp3) is 0.200. The van der Waals surface area contributed by atoms with E-state index in [1.807, 2.05) is 24.3 Å². The van der Waals surface area contributed by atoms with Crippen LogP contribution in [0.1, 0.15) is 17.8 Å². The molecule has 4 rings (SSSR count). The molecule has 2 heterocycles. The number of nitrogens with zero attached hydrogens (tertiary/aromatic N) is 2. The van der Waals surface area contributed by atoms with Gasteiger partial charge in [-0.3, -0.25) is 4.79 Å². The number of para-hydroxylation sites is 1. The molecule has 0 radical (unpaired) electrons. The minimum absolute atomic E-state index is 0.197. The molecule has 1 fully saturated rings. The summed E-state index contributed by atoms with van der Waals surface area (Å²) in [5.41, 5.74) is 1.34. The number of benzene rings is 2. The third-order valence-corrected chi connectivity index (χ3v) is 7.39. The zero-order chi connectivity index (χ0) is 19.6. The molecule has 0 spiro atoms. The van der Waals surface area contributed by atoms with E-state index in [0.717, 1.165) is 28.1 Å². The molecule has 1 saturated heterocycles. The van der Waals surface area contributed by atoms with E-state index in [2.05, 4.69) is 10.3 Å². The number of hydrogen-bond donors (Lipinski definition) is 1. The third-order valence-electron chi connectivity index (χ3n) is 4.49. The molecule has 1 aliphatic heterocycles. The predicted molar refractivity (Wildman–Crippen MR) is 112 cm³/mol. The lowest BCUT2D eigenvalue weighted by molar-refractivity contribution is -0.111. The summed E-state index contributed by atoms with van der Waals surface area (Å²) < 4.78 is 27.9. The molecule has 1 amide bonds. The fourth-order valence-corrected chi connectivity index (χ4v) is 5.54. The monoisotopic (exact) mass is 413 g/mol. The molecule has 1 aromatic heterocycles. The van der Waals surface area contributed by atoms with Gasteiger partial charge in [0.2, 0.25) is 15.9 Å². The molecule has 144 valence electrons. The molecular formula is C20H19N3O3S2. The van der Waals surface area contributed by atoms with E-state index in [1.54, 1.807) is 24.3 Å². The summed E-state index contributed by atoms with van der Waals surface area (Å²) in [6.45, 7) is 1.09. The lowest BCUT2D eigenvalue weighted by Crippen LogP contribution is -2.27. The number of thiazole rings is 1. The van der Waals surface area contributed by atoms with Gasteiger partial charge in [0.05, 0.1) is 15.1 Å². The molecule has 0 atom stereocenters. The molecule has 28 heavy (non-hydrogen) atoms. The average Bonchev–Trinajstić information content (AvgIpc) is 3.36. The zero-order valence-electron chi connectivity index (χ0n) is 15.0. The maximum Gasteiger partial charge on any atom is 0.248 e. The van der Waals surface area contributed by atoms with Crippen molar-refractivity contribution in [3.63, 3.8) is 0 Å². The van der Waals surface area contributed by atoms with Crippen molar-refractivity contribution in [2.75, 3.05) is 18.4 Å². The van der Waals surface area contributed by atoms with Gasteiger partial charge in [0.25, 0.3) is 0 Å². The highest BCUT2D eigenvalue weighted by atomic mass is 32.2. The van der Waals surface area contributed by atoms with Crippen molar-refractivity contribution in [2.24, 2.45) is 0 Å². The lowest BCUT2D eigenvalue weighted by Gasteiger charge is -2.16. The van der Waals surface area contributed by atoms with Crippen LogP contribution >= 0.6 is 11.3 Å². The third kappa shape index (κ3) is 3.99. The first-order valence-electron chi connectivity index (χ1n) is 8.97. The highest BCUT2D eigenvalue weighted by Crippen LogP contribution is 2.24. The Morgan fingerprint density at radius 3 is 2.68 bits per heavy atom. The van der Waals surface area contributed by atoms with Crippen molar-refractivity contribution >= 4 is 49.2 Å². The Labute approximate surface area is 167 Å². The number of aromatic nitrogens is 1. The molecule has 1 N–H and O–H groups in total. The number of carbonyl (C=O) groups excluding carboxylic acids is 1.